The zero-order chi connectivity index (χ0) is 14.1. The van der Waals surface area contributed by atoms with Gasteiger partial charge in [-0.25, -0.2) is 0 Å². The third-order valence-corrected chi connectivity index (χ3v) is 2.92. The van der Waals surface area contributed by atoms with Crippen molar-refractivity contribution in [2.45, 2.75) is 13.5 Å². The lowest BCUT2D eigenvalue weighted by atomic mass is 10.1. The Morgan fingerprint density at radius 1 is 1.16 bits per heavy atom. The van der Waals surface area contributed by atoms with Gasteiger partial charge in [0.05, 0.1) is 33.0 Å². The van der Waals surface area contributed by atoms with E-state index >= 15 is 0 Å². The largest absolute Gasteiger partial charge is 0.389 e. The molecule has 5 heteroatoms. The smallest absolute Gasteiger partial charge is 0.103 e. The second-order valence-corrected chi connectivity index (χ2v) is 4.60. The summed E-state index contributed by atoms with van der Waals surface area (Å²) in [5, 5.41) is 0. The van der Waals surface area contributed by atoms with Crippen molar-refractivity contribution in [2.75, 3.05) is 33.5 Å². The average molecular weight is 283 g/mol. The Kier molecular flexibility index (Phi) is 7.59. The monoisotopic (exact) mass is 283 g/mol. The van der Waals surface area contributed by atoms with E-state index < -0.39 is 0 Å². The standard InChI is InChI=1S/C14H21NO3S/c1-11-9-12(14(15)19)3-4-13(11)10-18-8-7-17-6-5-16-2/h3-4,9H,5-8,10H2,1-2H3,(H2,15,19). The summed E-state index contributed by atoms with van der Waals surface area (Å²) in [6.07, 6.45) is 0. The molecule has 0 aliphatic rings. The molecule has 4 nitrogen and oxygen atoms in total. The van der Waals surface area contributed by atoms with Crippen LogP contribution in [0.25, 0.3) is 0 Å². The van der Waals surface area contributed by atoms with Crippen molar-refractivity contribution in [2.24, 2.45) is 5.73 Å². The fourth-order valence-electron chi connectivity index (χ4n) is 1.56. The average Bonchev–Trinajstić information content (AvgIpc) is 2.39. The summed E-state index contributed by atoms with van der Waals surface area (Å²) >= 11 is 4.94. The van der Waals surface area contributed by atoms with Gasteiger partial charge in [-0.1, -0.05) is 24.4 Å². The molecule has 0 radical (unpaired) electrons. The number of ether oxygens (including phenoxy) is 3. The molecule has 0 bridgehead atoms. The fraction of sp³-hybridized carbons (Fsp3) is 0.500. The van der Waals surface area contributed by atoms with Crippen molar-refractivity contribution in [1.82, 2.24) is 0 Å². The van der Waals surface area contributed by atoms with Crippen LogP contribution in [0.5, 0.6) is 0 Å². The molecule has 0 saturated heterocycles. The Morgan fingerprint density at radius 2 is 1.84 bits per heavy atom. The van der Waals surface area contributed by atoms with Crippen molar-refractivity contribution in [3.8, 4) is 0 Å². The van der Waals surface area contributed by atoms with Crippen LogP contribution < -0.4 is 5.73 Å². The first-order chi connectivity index (χ1) is 9.15. The molecule has 1 aromatic carbocycles. The van der Waals surface area contributed by atoms with Crippen LogP contribution >= 0.6 is 12.2 Å². The molecule has 0 atom stereocenters. The van der Waals surface area contributed by atoms with E-state index in [0.717, 1.165) is 16.7 Å². The Labute approximate surface area is 119 Å². The second-order valence-electron chi connectivity index (χ2n) is 4.16. The molecule has 0 aliphatic heterocycles. The van der Waals surface area contributed by atoms with Crippen LogP contribution in [0, 0.1) is 6.92 Å². The first-order valence-corrected chi connectivity index (χ1v) is 6.59. The van der Waals surface area contributed by atoms with Gasteiger partial charge >= 0.3 is 0 Å². The SMILES string of the molecule is COCCOCCOCc1ccc(C(N)=S)cc1C. The van der Waals surface area contributed by atoms with E-state index in [1.54, 1.807) is 7.11 Å². The molecule has 19 heavy (non-hydrogen) atoms. The van der Waals surface area contributed by atoms with Gasteiger partial charge in [-0.2, -0.15) is 0 Å². The second kappa shape index (κ2) is 8.98. The highest BCUT2D eigenvalue weighted by Gasteiger charge is 2.02. The van der Waals surface area contributed by atoms with E-state index in [-0.39, 0.29) is 0 Å². The number of benzene rings is 1. The maximum atomic E-state index is 5.59. The molecule has 0 aromatic heterocycles. The Hall–Kier alpha value is -1.01. The molecule has 0 spiro atoms. The third-order valence-electron chi connectivity index (χ3n) is 2.69. The first-order valence-electron chi connectivity index (χ1n) is 6.19. The van der Waals surface area contributed by atoms with Gasteiger partial charge in [-0.15, -0.1) is 0 Å². The van der Waals surface area contributed by atoms with Gasteiger partial charge < -0.3 is 19.9 Å². The molecule has 0 amide bonds. The number of methoxy groups -OCH3 is 1. The van der Waals surface area contributed by atoms with E-state index in [0.29, 0.717) is 38.0 Å². The minimum absolute atomic E-state index is 0.419. The predicted octanol–water partition coefficient (Wildman–Crippen LogP) is 1.81. The molecule has 106 valence electrons. The minimum atomic E-state index is 0.419. The quantitative estimate of drug-likeness (QED) is 0.553. The van der Waals surface area contributed by atoms with Gasteiger partial charge in [0.1, 0.15) is 4.99 Å². The van der Waals surface area contributed by atoms with Crippen LogP contribution in [0.15, 0.2) is 18.2 Å². The third kappa shape index (κ3) is 6.11. The summed E-state index contributed by atoms with van der Waals surface area (Å²) in [4.78, 5) is 0.419. The van der Waals surface area contributed by atoms with Crippen molar-refractivity contribution in [3.63, 3.8) is 0 Å². The zero-order valence-electron chi connectivity index (χ0n) is 11.5. The highest BCUT2D eigenvalue weighted by atomic mass is 32.1. The van der Waals surface area contributed by atoms with Crippen LogP contribution in [0.4, 0.5) is 0 Å². The molecule has 0 saturated carbocycles. The number of rotatable bonds is 9. The molecule has 0 aliphatic carbocycles. The number of thiocarbonyl (C=S) groups is 1. The summed E-state index contributed by atoms with van der Waals surface area (Å²) in [5.74, 6) is 0. The number of hydrogen-bond acceptors (Lipinski definition) is 4. The number of hydrogen-bond donors (Lipinski definition) is 1. The summed E-state index contributed by atoms with van der Waals surface area (Å²) in [7, 11) is 1.65. The molecule has 0 fully saturated rings. The summed E-state index contributed by atoms with van der Waals surface area (Å²) in [5.41, 5.74) is 8.74. The topological polar surface area (TPSA) is 53.7 Å². The molecule has 0 heterocycles. The lowest BCUT2D eigenvalue weighted by Gasteiger charge is -2.09. The summed E-state index contributed by atoms with van der Waals surface area (Å²) < 4.78 is 15.7. The van der Waals surface area contributed by atoms with E-state index in [4.69, 9.17) is 32.2 Å². The molecule has 1 rings (SSSR count). The predicted molar refractivity (Wildman–Crippen MR) is 79.4 cm³/mol. The van der Waals surface area contributed by atoms with Crippen LogP contribution in [0.3, 0.4) is 0 Å². The van der Waals surface area contributed by atoms with Crippen molar-refractivity contribution >= 4 is 17.2 Å². The zero-order valence-corrected chi connectivity index (χ0v) is 12.3. The normalized spacial score (nSPS) is 10.6. The Morgan fingerprint density at radius 3 is 2.47 bits per heavy atom. The lowest BCUT2D eigenvalue weighted by Crippen LogP contribution is -2.11. The van der Waals surface area contributed by atoms with Crippen LogP contribution in [0.1, 0.15) is 16.7 Å². The minimum Gasteiger partial charge on any atom is -0.389 e. The number of nitrogens with two attached hydrogens (primary N) is 1. The van der Waals surface area contributed by atoms with E-state index in [1.165, 1.54) is 0 Å². The molecular formula is C14H21NO3S. The van der Waals surface area contributed by atoms with Gasteiger partial charge in [0.15, 0.2) is 0 Å². The van der Waals surface area contributed by atoms with Gasteiger partial charge in [0.25, 0.3) is 0 Å². The van der Waals surface area contributed by atoms with E-state index in [9.17, 15) is 0 Å². The van der Waals surface area contributed by atoms with E-state index in [1.807, 2.05) is 25.1 Å². The highest BCUT2D eigenvalue weighted by molar-refractivity contribution is 7.80. The van der Waals surface area contributed by atoms with Gasteiger partial charge in [-0.3, -0.25) is 0 Å². The highest BCUT2D eigenvalue weighted by Crippen LogP contribution is 2.12. The molecule has 1 aromatic rings. The molecule has 0 unspecified atom stereocenters. The maximum absolute atomic E-state index is 5.59. The molecule has 2 N–H and O–H groups in total. The van der Waals surface area contributed by atoms with Crippen molar-refractivity contribution < 1.29 is 14.2 Å². The van der Waals surface area contributed by atoms with Crippen LogP contribution in [-0.2, 0) is 20.8 Å². The Balaban J connectivity index is 2.28. The van der Waals surface area contributed by atoms with Crippen LogP contribution in [-0.4, -0.2) is 38.5 Å². The summed E-state index contributed by atoms with van der Waals surface area (Å²) in [6, 6.07) is 5.90. The van der Waals surface area contributed by atoms with Crippen molar-refractivity contribution in [1.29, 1.82) is 0 Å². The van der Waals surface area contributed by atoms with Crippen molar-refractivity contribution in [3.05, 3.63) is 34.9 Å². The molecular weight excluding hydrogens is 262 g/mol. The first kappa shape index (κ1) is 16.0. The maximum Gasteiger partial charge on any atom is 0.103 e. The number of aryl methyl sites for hydroxylation is 1. The van der Waals surface area contributed by atoms with Gasteiger partial charge in [-0.05, 0) is 24.1 Å². The fourth-order valence-corrected chi connectivity index (χ4v) is 1.68. The van der Waals surface area contributed by atoms with E-state index in [2.05, 4.69) is 0 Å². The van der Waals surface area contributed by atoms with Gasteiger partial charge in [0, 0.05) is 12.7 Å². The Bertz CT molecular complexity index is 410. The lowest BCUT2D eigenvalue weighted by molar-refractivity contribution is 0.0198. The van der Waals surface area contributed by atoms with Crippen LogP contribution in [0.2, 0.25) is 0 Å². The van der Waals surface area contributed by atoms with Gasteiger partial charge in [0.2, 0.25) is 0 Å². The summed E-state index contributed by atoms with van der Waals surface area (Å²) in [6.45, 7) is 4.95.